The van der Waals surface area contributed by atoms with Gasteiger partial charge in [-0.3, -0.25) is 4.79 Å². The minimum Gasteiger partial charge on any atom is -0.403 e. The number of hydrogen-bond acceptors (Lipinski definition) is 4. The number of nitrogens with zero attached hydrogens (tertiary/aromatic N) is 1. The van der Waals surface area contributed by atoms with E-state index in [1.54, 1.807) is 6.07 Å². The van der Waals surface area contributed by atoms with E-state index in [1.165, 1.54) is 6.26 Å². The monoisotopic (exact) mass is 561 g/mol. The molecule has 0 bridgehead atoms. The number of hydrogen-bond donors (Lipinski definition) is 0. The van der Waals surface area contributed by atoms with Gasteiger partial charge in [-0.2, -0.15) is 0 Å². The van der Waals surface area contributed by atoms with Crippen molar-refractivity contribution in [2.24, 2.45) is 5.92 Å². The van der Waals surface area contributed by atoms with E-state index in [2.05, 4.69) is 45.0 Å². The largest absolute Gasteiger partial charge is 0.403 e. The molecule has 0 aliphatic heterocycles. The van der Waals surface area contributed by atoms with Crippen LogP contribution in [0, 0.1) is 5.92 Å². The molecule has 4 aromatic rings. The summed E-state index contributed by atoms with van der Waals surface area (Å²) in [6, 6.07) is 26.1. The van der Waals surface area contributed by atoms with E-state index in [0.29, 0.717) is 17.8 Å². The Hall–Kier alpha value is -3.00. The number of fused-ring (bicyclic) bond motifs is 1. The number of aryl methyl sites for hydroxylation is 1. The topological polar surface area (TPSA) is 65.4 Å². The number of sulfone groups is 1. The molecule has 4 rings (SSSR count). The highest BCUT2D eigenvalue weighted by Crippen LogP contribution is 2.38. The van der Waals surface area contributed by atoms with Gasteiger partial charge >= 0.3 is 0 Å². The Labute approximate surface area is 233 Å². The van der Waals surface area contributed by atoms with Crippen LogP contribution in [0.3, 0.4) is 0 Å². The number of benzene rings is 3. The lowest BCUT2D eigenvalue weighted by Gasteiger charge is -2.43. The summed E-state index contributed by atoms with van der Waals surface area (Å²) in [4.78, 5) is 13.2. The Morgan fingerprint density at radius 1 is 0.923 bits per heavy atom. The molecule has 1 aromatic heterocycles. The van der Waals surface area contributed by atoms with Gasteiger partial charge in [-0.05, 0) is 46.1 Å². The Morgan fingerprint density at radius 3 is 1.90 bits per heavy atom. The van der Waals surface area contributed by atoms with Gasteiger partial charge in [0.05, 0.1) is 17.2 Å². The lowest BCUT2D eigenvalue weighted by atomic mass is 10.1. The summed E-state index contributed by atoms with van der Waals surface area (Å²) in [7, 11) is -6.45. The number of carbonyl (C=O) groups is 1. The predicted molar refractivity (Wildman–Crippen MR) is 162 cm³/mol. The van der Waals surface area contributed by atoms with Crippen molar-refractivity contribution < 1.29 is 17.6 Å². The molecule has 0 spiro atoms. The zero-order chi connectivity index (χ0) is 28.6. The van der Waals surface area contributed by atoms with Gasteiger partial charge in [0, 0.05) is 29.6 Å². The summed E-state index contributed by atoms with van der Waals surface area (Å²) in [6.45, 7) is 13.0. The minimum atomic E-state index is -3.57. The van der Waals surface area contributed by atoms with Crippen LogP contribution in [0.15, 0.2) is 83.8 Å². The zero-order valence-electron chi connectivity index (χ0n) is 24.0. The van der Waals surface area contributed by atoms with Crippen molar-refractivity contribution in [3.63, 3.8) is 0 Å². The quantitative estimate of drug-likeness (QED) is 0.186. The van der Waals surface area contributed by atoms with Gasteiger partial charge in [0.25, 0.3) is 8.32 Å². The highest BCUT2D eigenvalue weighted by Gasteiger charge is 2.50. The van der Waals surface area contributed by atoms with E-state index in [0.717, 1.165) is 21.3 Å². The highest BCUT2D eigenvalue weighted by atomic mass is 32.2. The van der Waals surface area contributed by atoms with Crippen molar-refractivity contribution in [1.82, 2.24) is 4.57 Å². The van der Waals surface area contributed by atoms with Crippen LogP contribution in [0.1, 0.15) is 57.6 Å². The smallest absolute Gasteiger partial charge is 0.261 e. The first-order valence-corrected chi connectivity index (χ1v) is 17.3. The Kier molecular flexibility index (Phi) is 8.08. The Morgan fingerprint density at radius 2 is 1.46 bits per heavy atom. The summed E-state index contributed by atoms with van der Waals surface area (Å²) in [6.07, 6.45) is 1.24. The molecule has 7 heteroatoms. The third kappa shape index (κ3) is 5.40. The summed E-state index contributed by atoms with van der Waals surface area (Å²) < 4.78 is 35.2. The van der Waals surface area contributed by atoms with Gasteiger partial charge < -0.3 is 8.99 Å². The molecule has 0 N–H and O–H groups in total. The standard InChI is InChI=1S/C32H39NO4SSi/c1-8-33-28-21-30(38(7,35)36)25(19-24(28)20-29(33)31(34)23(2)3)22-37-39(32(4,5)6,26-15-11-9-12-16-26)27-17-13-10-14-18-27/h9-21,23H,8,22H2,1-7H3. The van der Waals surface area contributed by atoms with Crippen molar-refractivity contribution >= 4 is 45.2 Å². The molecular weight excluding hydrogens is 523 g/mol. The first-order chi connectivity index (χ1) is 18.3. The molecule has 5 nitrogen and oxygen atoms in total. The highest BCUT2D eigenvalue weighted by molar-refractivity contribution is 7.90. The number of rotatable bonds is 9. The molecule has 0 radical (unpaired) electrons. The first kappa shape index (κ1) is 29.0. The molecule has 0 amide bonds. The van der Waals surface area contributed by atoms with E-state index in [9.17, 15) is 13.2 Å². The van der Waals surface area contributed by atoms with Crippen LogP contribution in [-0.2, 0) is 27.4 Å². The van der Waals surface area contributed by atoms with Gasteiger partial charge in [0.1, 0.15) is 0 Å². The van der Waals surface area contributed by atoms with Crippen LogP contribution in [0.5, 0.6) is 0 Å². The van der Waals surface area contributed by atoms with Crippen LogP contribution in [0.25, 0.3) is 10.9 Å². The van der Waals surface area contributed by atoms with Crippen LogP contribution < -0.4 is 10.4 Å². The van der Waals surface area contributed by atoms with Crippen LogP contribution in [0.2, 0.25) is 5.04 Å². The van der Waals surface area contributed by atoms with E-state index in [1.807, 2.05) is 73.9 Å². The van der Waals surface area contributed by atoms with Crippen molar-refractivity contribution in [3.05, 3.63) is 90.1 Å². The van der Waals surface area contributed by atoms with Gasteiger partial charge in [0.2, 0.25) is 0 Å². The van der Waals surface area contributed by atoms with Crippen molar-refractivity contribution in [3.8, 4) is 0 Å². The lowest BCUT2D eigenvalue weighted by molar-refractivity contribution is 0.0930. The van der Waals surface area contributed by atoms with Crippen LogP contribution in [0.4, 0.5) is 0 Å². The number of Topliss-reactive ketones (excluding diaryl/α,β-unsaturated/α-hetero) is 1. The normalized spacial score (nSPS) is 12.8. The molecule has 3 aromatic carbocycles. The van der Waals surface area contributed by atoms with Crippen LogP contribution in [-0.4, -0.2) is 33.3 Å². The molecule has 1 heterocycles. The molecule has 0 saturated carbocycles. The van der Waals surface area contributed by atoms with E-state index >= 15 is 0 Å². The van der Waals surface area contributed by atoms with Gasteiger partial charge in [-0.15, -0.1) is 0 Å². The molecular formula is C32H39NO4SSi. The number of ketones is 1. The second kappa shape index (κ2) is 10.9. The minimum absolute atomic E-state index is 0.0408. The van der Waals surface area contributed by atoms with Crippen LogP contribution >= 0.6 is 0 Å². The number of carbonyl (C=O) groups excluding carboxylic acids is 1. The summed E-state index contributed by atoms with van der Waals surface area (Å²) in [5.41, 5.74) is 1.96. The van der Waals surface area contributed by atoms with E-state index in [4.69, 9.17) is 4.43 Å². The Bertz CT molecular complexity index is 1540. The molecule has 0 aliphatic carbocycles. The van der Waals surface area contributed by atoms with E-state index in [-0.39, 0.29) is 28.2 Å². The van der Waals surface area contributed by atoms with Crippen molar-refractivity contribution in [2.45, 2.75) is 64.6 Å². The zero-order valence-corrected chi connectivity index (χ0v) is 25.8. The molecule has 39 heavy (non-hydrogen) atoms. The maximum Gasteiger partial charge on any atom is 0.261 e. The summed E-state index contributed by atoms with van der Waals surface area (Å²) >= 11 is 0. The maximum atomic E-state index is 13.1. The third-order valence-electron chi connectivity index (χ3n) is 7.44. The van der Waals surface area contributed by atoms with Gasteiger partial charge in [0.15, 0.2) is 15.6 Å². The first-order valence-electron chi connectivity index (χ1n) is 13.5. The predicted octanol–water partition coefficient (Wildman–Crippen LogP) is 5.98. The van der Waals surface area contributed by atoms with Gasteiger partial charge in [-0.25, -0.2) is 8.42 Å². The molecule has 0 atom stereocenters. The molecule has 0 fully saturated rings. The maximum absolute atomic E-state index is 13.1. The Balaban J connectivity index is 1.92. The van der Waals surface area contributed by atoms with E-state index < -0.39 is 18.2 Å². The number of aromatic nitrogens is 1. The summed E-state index contributed by atoms with van der Waals surface area (Å²) in [5.74, 6) is -0.119. The fourth-order valence-electron chi connectivity index (χ4n) is 5.58. The summed E-state index contributed by atoms with van der Waals surface area (Å²) in [5, 5.41) is 2.86. The fourth-order valence-corrected chi connectivity index (χ4v) is 11.0. The third-order valence-corrected chi connectivity index (χ3v) is 13.6. The molecule has 0 aliphatic rings. The second-order valence-corrected chi connectivity index (χ2v) is 17.8. The molecule has 0 unspecified atom stereocenters. The lowest BCUT2D eigenvalue weighted by Crippen LogP contribution is -2.66. The molecule has 206 valence electrons. The molecule has 0 saturated heterocycles. The second-order valence-electron chi connectivity index (χ2n) is 11.5. The van der Waals surface area contributed by atoms with Crippen molar-refractivity contribution in [1.29, 1.82) is 0 Å². The fraction of sp³-hybridized carbons (Fsp3) is 0.344. The van der Waals surface area contributed by atoms with Crippen molar-refractivity contribution in [2.75, 3.05) is 6.26 Å². The average Bonchev–Trinajstić information content (AvgIpc) is 3.25. The average molecular weight is 562 g/mol. The SMILES string of the molecule is CCn1c(C(=O)C(C)C)cc2cc(CO[Si](c3ccccc3)(c3ccccc3)C(C)(C)C)c(S(C)(=O)=O)cc21. The van der Waals surface area contributed by atoms with Gasteiger partial charge in [-0.1, -0.05) is 95.3 Å².